The van der Waals surface area contributed by atoms with Crippen molar-refractivity contribution in [2.45, 2.75) is 31.4 Å². The van der Waals surface area contributed by atoms with Crippen molar-refractivity contribution in [2.75, 3.05) is 0 Å². The molecule has 0 spiro atoms. The average Bonchev–Trinajstić information content (AvgIpc) is 2.84. The van der Waals surface area contributed by atoms with Crippen molar-refractivity contribution in [1.82, 2.24) is 5.32 Å². The number of aliphatic hydroxyl groups is 1. The van der Waals surface area contributed by atoms with E-state index < -0.39 is 6.10 Å². The Labute approximate surface area is 124 Å². The number of carbonyl (C=O) groups is 1. The lowest BCUT2D eigenvalue weighted by atomic mass is 10.00. The van der Waals surface area contributed by atoms with E-state index >= 15 is 0 Å². The number of hydrogen-bond acceptors (Lipinski definition) is 2. The Kier molecular flexibility index (Phi) is 3.76. The van der Waals surface area contributed by atoms with Gasteiger partial charge in [-0.05, 0) is 30.0 Å². The molecule has 3 atom stereocenters. The van der Waals surface area contributed by atoms with Gasteiger partial charge in [-0.3, -0.25) is 4.79 Å². The minimum Gasteiger partial charge on any atom is -0.386 e. The minimum atomic E-state index is -0.617. The number of hydrogen-bond donors (Lipinski definition) is 2. The van der Waals surface area contributed by atoms with Crippen LogP contribution in [-0.2, 0) is 11.2 Å². The number of amides is 1. The normalized spacial score (nSPS) is 21.6. The Bertz CT molecular complexity index is 639. The first-order chi connectivity index (χ1) is 10.2. The SMILES string of the molecule is C[C@H](C(=O)N[C@@H]1Cc2ccccc2[C@H]1O)c1ccccc1. The average molecular weight is 281 g/mol. The van der Waals surface area contributed by atoms with Crippen molar-refractivity contribution >= 4 is 5.91 Å². The van der Waals surface area contributed by atoms with E-state index in [9.17, 15) is 9.90 Å². The third kappa shape index (κ3) is 2.69. The molecule has 0 fully saturated rings. The van der Waals surface area contributed by atoms with Crippen molar-refractivity contribution < 1.29 is 9.90 Å². The molecule has 0 heterocycles. The van der Waals surface area contributed by atoms with E-state index in [0.29, 0.717) is 6.42 Å². The molecule has 0 aliphatic heterocycles. The van der Waals surface area contributed by atoms with Crippen LogP contribution in [0.2, 0.25) is 0 Å². The fraction of sp³-hybridized carbons (Fsp3) is 0.278. The van der Waals surface area contributed by atoms with Crippen LogP contribution in [0.25, 0.3) is 0 Å². The topological polar surface area (TPSA) is 49.3 Å². The summed E-state index contributed by atoms with van der Waals surface area (Å²) in [5.41, 5.74) is 3.03. The van der Waals surface area contributed by atoms with Gasteiger partial charge < -0.3 is 10.4 Å². The highest BCUT2D eigenvalue weighted by atomic mass is 16.3. The lowest BCUT2D eigenvalue weighted by Gasteiger charge is -2.20. The van der Waals surface area contributed by atoms with E-state index in [1.54, 1.807) is 0 Å². The van der Waals surface area contributed by atoms with Crippen LogP contribution in [0.5, 0.6) is 0 Å². The summed E-state index contributed by atoms with van der Waals surface area (Å²) in [4.78, 5) is 12.4. The quantitative estimate of drug-likeness (QED) is 0.908. The van der Waals surface area contributed by atoms with Crippen LogP contribution in [-0.4, -0.2) is 17.1 Å². The molecule has 0 aromatic heterocycles. The summed E-state index contributed by atoms with van der Waals surface area (Å²) in [6.07, 6.45) is 0.0676. The molecule has 1 aliphatic carbocycles. The summed E-state index contributed by atoms with van der Waals surface area (Å²) in [5.74, 6) is -0.264. The zero-order chi connectivity index (χ0) is 14.8. The molecule has 2 aromatic rings. The van der Waals surface area contributed by atoms with Gasteiger partial charge in [-0.25, -0.2) is 0 Å². The van der Waals surface area contributed by atoms with E-state index in [1.807, 2.05) is 61.5 Å². The van der Waals surface area contributed by atoms with Gasteiger partial charge in [0.2, 0.25) is 5.91 Å². The molecular formula is C18H19NO2. The van der Waals surface area contributed by atoms with E-state index in [1.165, 1.54) is 0 Å². The second kappa shape index (κ2) is 5.70. The summed E-state index contributed by atoms with van der Waals surface area (Å²) >= 11 is 0. The van der Waals surface area contributed by atoms with Crippen molar-refractivity contribution in [3.8, 4) is 0 Å². The van der Waals surface area contributed by atoms with Gasteiger partial charge in [-0.15, -0.1) is 0 Å². The molecule has 2 aromatic carbocycles. The molecule has 21 heavy (non-hydrogen) atoms. The molecular weight excluding hydrogens is 262 g/mol. The van der Waals surface area contributed by atoms with E-state index in [2.05, 4.69) is 5.32 Å². The Morgan fingerprint density at radius 3 is 2.52 bits per heavy atom. The second-order valence-electron chi connectivity index (χ2n) is 5.60. The molecule has 3 heteroatoms. The maximum atomic E-state index is 12.4. The lowest BCUT2D eigenvalue weighted by molar-refractivity contribution is -0.123. The van der Waals surface area contributed by atoms with Crippen molar-refractivity contribution in [3.05, 3.63) is 71.3 Å². The standard InChI is InChI=1S/C18H19NO2/c1-12(13-7-3-2-4-8-13)18(21)19-16-11-14-9-5-6-10-15(14)17(16)20/h2-10,12,16-17,20H,11H2,1H3,(H,19,21)/t12-,16+,17+/m0/s1. The third-order valence-corrected chi connectivity index (χ3v) is 4.22. The molecule has 3 nitrogen and oxygen atoms in total. The summed E-state index contributed by atoms with van der Waals surface area (Å²) in [7, 11) is 0. The van der Waals surface area contributed by atoms with Gasteiger partial charge in [0.1, 0.15) is 0 Å². The van der Waals surface area contributed by atoms with Crippen LogP contribution < -0.4 is 5.32 Å². The van der Waals surface area contributed by atoms with Gasteiger partial charge in [0, 0.05) is 0 Å². The van der Waals surface area contributed by atoms with Gasteiger partial charge in [0.05, 0.1) is 18.1 Å². The van der Waals surface area contributed by atoms with Gasteiger partial charge in [-0.1, -0.05) is 54.6 Å². The molecule has 0 saturated carbocycles. The predicted octanol–water partition coefficient (Wildman–Crippen LogP) is 2.56. The number of nitrogens with one attached hydrogen (secondary N) is 1. The fourth-order valence-corrected chi connectivity index (χ4v) is 2.90. The van der Waals surface area contributed by atoms with Crippen molar-refractivity contribution in [1.29, 1.82) is 0 Å². The van der Waals surface area contributed by atoms with Crippen LogP contribution in [0, 0.1) is 0 Å². The Morgan fingerprint density at radius 2 is 1.81 bits per heavy atom. The van der Waals surface area contributed by atoms with Crippen LogP contribution >= 0.6 is 0 Å². The summed E-state index contributed by atoms with van der Waals surface area (Å²) in [6, 6.07) is 17.3. The smallest absolute Gasteiger partial charge is 0.227 e. The molecule has 0 bridgehead atoms. The zero-order valence-electron chi connectivity index (χ0n) is 12.0. The maximum absolute atomic E-state index is 12.4. The number of aliphatic hydroxyl groups excluding tert-OH is 1. The van der Waals surface area contributed by atoms with Crippen molar-refractivity contribution in [2.24, 2.45) is 0 Å². The minimum absolute atomic E-state index is 0.0435. The highest BCUT2D eigenvalue weighted by Gasteiger charge is 2.32. The Morgan fingerprint density at radius 1 is 1.14 bits per heavy atom. The molecule has 0 radical (unpaired) electrons. The van der Waals surface area contributed by atoms with Crippen LogP contribution in [0.15, 0.2) is 54.6 Å². The maximum Gasteiger partial charge on any atom is 0.227 e. The van der Waals surface area contributed by atoms with Crippen LogP contribution in [0.4, 0.5) is 0 Å². The predicted molar refractivity (Wildman–Crippen MR) is 81.9 cm³/mol. The van der Waals surface area contributed by atoms with E-state index in [-0.39, 0.29) is 17.9 Å². The molecule has 0 unspecified atom stereocenters. The highest BCUT2D eigenvalue weighted by molar-refractivity contribution is 5.83. The number of carbonyl (C=O) groups excluding carboxylic acids is 1. The first-order valence-electron chi connectivity index (χ1n) is 7.28. The Balaban J connectivity index is 1.70. The summed E-state index contributed by atoms with van der Waals surface area (Å²) < 4.78 is 0. The summed E-state index contributed by atoms with van der Waals surface area (Å²) in [5, 5.41) is 13.3. The Hall–Kier alpha value is -2.13. The van der Waals surface area contributed by atoms with Gasteiger partial charge in [0.15, 0.2) is 0 Å². The number of benzene rings is 2. The molecule has 108 valence electrons. The summed E-state index contributed by atoms with van der Waals surface area (Å²) in [6.45, 7) is 1.89. The molecule has 3 rings (SSSR count). The van der Waals surface area contributed by atoms with Gasteiger partial charge >= 0.3 is 0 Å². The lowest BCUT2D eigenvalue weighted by Crippen LogP contribution is -2.40. The fourth-order valence-electron chi connectivity index (χ4n) is 2.90. The first kappa shape index (κ1) is 13.8. The molecule has 0 saturated heterocycles. The first-order valence-corrected chi connectivity index (χ1v) is 7.28. The molecule has 1 amide bonds. The second-order valence-corrected chi connectivity index (χ2v) is 5.60. The molecule has 2 N–H and O–H groups in total. The van der Waals surface area contributed by atoms with E-state index in [4.69, 9.17) is 0 Å². The zero-order valence-corrected chi connectivity index (χ0v) is 12.0. The van der Waals surface area contributed by atoms with Crippen LogP contribution in [0.3, 0.4) is 0 Å². The van der Waals surface area contributed by atoms with Crippen molar-refractivity contribution in [3.63, 3.8) is 0 Å². The number of fused-ring (bicyclic) bond motifs is 1. The third-order valence-electron chi connectivity index (χ3n) is 4.22. The number of rotatable bonds is 3. The largest absolute Gasteiger partial charge is 0.386 e. The monoisotopic (exact) mass is 281 g/mol. The van der Waals surface area contributed by atoms with Gasteiger partial charge in [-0.2, -0.15) is 0 Å². The van der Waals surface area contributed by atoms with E-state index in [0.717, 1.165) is 16.7 Å². The molecule has 1 aliphatic rings. The van der Waals surface area contributed by atoms with Gasteiger partial charge in [0.25, 0.3) is 0 Å². The van der Waals surface area contributed by atoms with Crippen LogP contribution in [0.1, 0.15) is 35.6 Å². The highest BCUT2D eigenvalue weighted by Crippen LogP contribution is 2.31.